The largest absolute Gasteiger partial charge is 0.456 e. The molecular formula is C60H49BN2OS2. The van der Waals surface area contributed by atoms with E-state index >= 15 is 0 Å². The maximum Gasteiger partial charge on any atom is 0.333 e. The lowest BCUT2D eigenvalue weighted by Crippen LogP contribution is -2.60. The third-order valence-electron chi connectivity index (χ3n) is 15.0. The van der Waals surface area contributed by atoms with Crippen LogP contribution in [0.2, 0.25) is 0 Å². The fraction of sp³-hybridized carbons (Fsp3) is 0.200. The van der Waals surface area contributed by atoms with Gasteiger partial charge in [0.25, 0.3) is 0 Å². The van der Waals surface area contributed by atoms with E-state index in [1.54, 1.807) is 0 Å². The van der Waals surface area contributed by atoms with Crippen molar-refractivity contribution in [1.29, 1.82) is 0 Å². The smallest absolute Gasteiger partial charge is 0.333 e. The third kappa shape index (κ3) is 5.15. The Kier molecular flexibility index (Phi) is 7.52. The van der Waals surface area contributed by atoms with Gasteiger partial charge in [-0.15, -0.1) is 22.7 Å². The molecule has 0 spiro atoms. The maximum absolute atomic E-state index is 6.82. The minimum atomic E-state index is -0.149. The van der Waals surface area contributed by atoms with Crippen LogP contribution in [0.3, 0.4) is 0 Å². The molecule has 2 aliphatic heterocycles. The van der Waals surface area contributed by atoms with Crippen LogP contribution in [-0.4, -0.2) is 11.4 Å². The summed E-state index contributed by atoms with van der Waals surface area (Å²) in [7, 11) is 0. The predicted octanol–water partition coefficient (Wildman–Crippen LogP) is 16.5. The Morgan fingerprint density at radius 2 is 1.17 bits per heavy atom. The zero-order valence-electron chi connectivity index (χ0n) is 38.9. The highest BCUT2D eigenvalue weighted by molar-refractivity contribution is 7.27. The first-order valence-electron chi connectivity index (χ1n) is 23.4. The number of nitrogens with zero attached hydrogens (tertiary/aromatic N) is 2. The van der Waals surface area contributed by atoms with E-state index in [4.69, 9.17) is 4.42 Å². The topological polar surface area (TPSA) is 21.3 Å². The van der Waals surface area contributed by atoms with Gasteiger partial charge in [-0.2, -0.15) is 0 Å². The summed E-state index contributed by atoms with van der Waals surface area (Å²) >= 11 is 3.90. The Bertz CT molecular complexity index is 4120. The van der Waals surface area contributed by atoms with Crippen LogP contribution in [0.5, 0.6) is 0 Å². The van der Waals surface area contributed by atoms with Gasteiger partial charge in [-0.05, 0) is 116 Å². The number of thiophene rings is 2. The summed E-state index contributed by atoms with van der Waals surface area (Å²) in [5, 5.41) is 10.3. The van der Waals surface area contributed by atoms with E-state index in [2.05, 4.69) is 205 Å². The first-order chi connectivity index (χ1) is 31.6. The lowest BCUT2D eigenvalue weighted by molar-refractivity contribution is 0.590. The molecule has 0 bridgehead atoms. The first kappa shape index (κ1) is 38.9. The van der Waals surface area contributed by atoms with Crippen molar-refractivity contribution in [3.63, 3.8) is 0 Å². The molecule has 0 saturated heterocycles. The zero-order chi connectivity index (χ0) is 44.9. The second-order valence-electron chi connectivity index (χ2n) is 22.1. The van der Waals surface area contributed by atoms with Crippen molar-refractivity contribution in [2.45, 2.75) is 78.6 Å². The summed E-state index contributed by atoms with van der Waals surface area (Å²) in [4.78, 5) is 2.70. The molecule has 8 aromatic carbocycles. The van der Waals surface area contributed by atoms with Crippen molar-refractivity contribution >= 4 is 136 Å². The molecule has 3 nitrogen and oxygen atoms in total. The van der Waals surface area contributed by atoms with Crippen LogP contribution in [0.1, 0.15) is 79.0 Å². The fourth-order valence-electron chi connectivity index (χ4n) is 11.6. The fourth-order valence-corrected chi connectivity index (χ4v) is 14.0. The van der Waals surface area contributed by atoms with Crippen molar-refractivity contribution in [1.82, 2.24) is 4.57 Å². The molecule has 66 heavy (non-hydrogen) atoms. The van der Waals surface area contributed by atoms with Crippen molar-refractivity contribution in [3.05, 3.63) is 150 Å². The highest BCUT2D eigenvalue weighted by Gasteiger charge is 2.46. The van der Waals surface area contributed by atoms with E-state index in [9.17, 15) is 0 Å². The molecule has 0 radical (unpaired) electrons. The second kappa shape index (κ2) is 12.8. The highest BCUT2D eigenvalue weighted by Crippen LogP contribution is 2.55. The van der Waals surface area contributed by atoms with Crippen LogP contribution in [0.4, 0.5) is 11.4 Å². The quantitative estimate of drug-likeness (QED) is 0.153. The Balaban J connectivity index is 1.22. The number of anilines is 2. The lowest BCUT2D eigenvalue weighted by atomic mass is 9.43. The Hall–Kier alpha value is -6.34. The third-order valence-corrected chi connectivity index (χ3v) is 17.3. The summed E-state index contributed by atoms with van der Waals surface area (Å²) in [5.74, 6) is 0. The van der Waals surface area contributed by atoms with Crippen molar-refractivity contribution < 1.29 is 4.42 Å². The molecule has 12 aromatic rings. The molecule has 14 rings (SSSR count). The van der Waals surface area contributed by atoms with E-state index < -0.39 is 0 Å². The number of aromatic nitrogens is 1. The second-order valence-corrected chi connectivity index (χ2v) is 24.3. The summed E-state index contributed by atoms with van der Waals surface area (Å²) in [6.07, 6.45) is 0. The predicted molar refractivity (Wildman–Crippen MR) is 289 cm³/mol. The molecule has 0 atom stereocenters. The van der Waals surface area contributed by atoms with Crippen LogP contribution < -0.4 is 15.7 Å². The average Bonchev–Trinajstić information content (AvgIpc) is 4.04. The highest BCUT2D eigenvalue weighted by atomic mass is 32.1. The molecule has 0 amide bonds. The van der Waals surface area contributed by atoms with Crippen LogP contribution in [-0.2, 0) is 16.2 Å². The number of hydrogen-bond donors (Lipinski definition) is 0. The number of fused-ring (bicyclic) bond motifs is 19. The van der Waals surface area contributed by atoms with Crippen molar-refractivity contribution in [2.75, 3.05) is 4.81 Å². The monoisotopic (exact) mass is 888 g/mol. The van der Waals surface area contributed by atoms with Gasteiger partial charge in [0, 0.05) is 84.5 Å². The standard InChI is InChI=1S/C60H49BN2OS2/c1-58(2,3)32-18-22-35(23-19-32)63-45-31-51-40(37-24-20-34(60(7,8)9)27-50(37)65-51)28-42(45)52-53-38-15-11-13-17-49(38)66-57(53)54-41-26-33(59(4,5)6)21-25-44(41)62-46-29-39-36-14-10-12-16-47(36)64-48(39)30-43(46)61(63)55(52)56(54)62/h10-31H,1-9H3. The maximum atomic E-state index is 6.82. The van der Waals surface area contributed by atoms with Crippen LogP contribution >= 0.6 is 22.7 Å². The van der Waals surface area contributed by atoms with Gasteiger partial charge >= 0.3 is 6.85 Å². The van der Waals surface area contributed by atoms with Gasteiger partial charge in [-0.3, -0.25) is 0 Å². The van der Waals surface area contributed by atoms with E-state index in [-0.39, 0.29) is 23.1 Å². The average molecular weight is 889 g/mol. The van der Waals surface area contributed by atoms with Crippen molar-refractivity contribution in [3.8, 4) is 16.8 Å². The molecule has 0 N–H and O–H groups in total. The summed E-state index contributed by atoms with van der Waals surface area (Å²) in [5.41, 5.74) is 17.5. The van der Waals surface area contributed by atoms with E-state index in [1.165, 1.54) is 118 Å². The molecule has 2 aliphatic rings. The van der Waals surface area contributed by atoms with Gasteiger partial charge < -0.3 is 13.8 Å². The Morgan fingerprint density at radius 1 is 0.485 bits per heavy atom. The van der Waals surface area contributed by atoms with Gasteiger partial charge in [0.1, 0.15) is 11.2 Å². The number of hydrogen-bond acceptors (Lipinski definition) is 4. The summed E-state index contributed by atoms with van der Waals surface area (Å²) in [6, 6.07) is 51.6. The Morgan fingerprint density at radius 3 is 1.94 bits per heavy atom. The SMILES string of the molecule is CC(C)(C)c1ccc(N2B3c4cc5oc6ccccc6c5cc4-n4c5ccc(C(C)(C)C)cc5c5c6sc7ccccc7c6c(c3c54)-c3cc4c(cc32)sc2cc(C(C)(C)C)ccc24)cc1. The van der Waals surface area contributed by atoms with Crippen LogP contribution in [0.25, 0.3) is 101 Å². The number of para-hydroxylation sites is 1. The molecule has 0 fully saturated rings. The zero-order valence-corrected chi connectivity index (χ0v) is 40.5. The van der Waals surface area contributed by atoms with Gasteiger partial charge in [0.05, 0.1) is 11.0 Å². The molecule has 0 aliphatic carbocycles. The van der Waals surface area contributed by atoms with E-state index in [1.807, 2.05) is 22.7 Å². The summed E-state index contributed by atoms with van der Waals surface area (Å²) < 4.78 is 14.8. The van der Waals surface area contributed by atoms with E-state index in [0.29, 0.717) is 0 Å². The molecule has 0 saturated carbocycles. The van der Waals surface area contributed by atoms with Crippen LogP contribution in [0.15, 0.2) is 138 Å². The van der Waals surface area contributed by atoms with E-state index in [0.717, 1.165) is 21.9 Å². The van der Waals surface area contributed by atoms with Gasteiger partial charge in [-0.1, -0.05) is 129 Å². The molecule has 6 heterocycles. The lowest BCUT2D eigenvalue weighted by Gasteiger charge is -2.42. The molecule has 0 unspecified atom stereocenters. The molecular weight excluding hydrogens is 840 g/mol. The number of rotatable bonds is 1. The summed E-state index contributed by atoms with van der Waals surface area (Å²) in [6.45, 7) is 20.8. The first-order valence-corrected chi connectivity index (χ1v) is 25.1. The normalized spacial score (nSPS) is 14.1. The number of furan rings is 1. The number of benzene rings is 8. The molecule has 320 valence electrons. The molecule has 6 heteroatoms. The van der Waals surface area contributed by atoms with Gasteiger partial charge in [-0.25, -0.2) is 0 Å². The minimum absolute atomic E-state index is 0.0180. The molecule has 4 aromatic heterocycles. The van der Waals surface area contributed by atoms with Gasteiger partial charge in [0.2, 0.25) is 0 Å². The Labute approximate surface area is 393 Å². The minimum Gasteiger partial charge on any atom is -0.456 e. The van der Waals surface area contributed by atoms with Crippen molar-refractivity contribution in [2.24, 2.45) is 0 Å². The van der Waals surface area contributed by atoms with Crippen LogP contribution in [0, 0.1) is 0 Å². The van der Waals surface area contributed by atoms with Gasteiger partial charge in [0.15, 0.2) is 0 Å².